The summed E-state index contributed by atoms with van der Waals surface area (Å²) in [5, 5.41) is 6.94. The summed E-state index contributed by atoms with van der Waals surface area (Å²) >= 11 is 0. The number of rotatable bonds is 5. The Morgan fingerprint density at radius 1 is 0.314 bits per heavy atom. The highest BCUT2D eigenvalue weighted by molar-refractivity contribution is 6.12. The first-order valence-electron chi connectivity index (χ1n) is 17.1. The van der Waals surface area contributed by atoms with Crippen LogP contribution in [0, 0.1) is 0 Å². The molecule has 2 heterocycles. The second kappa shape index (κ2) is 11.9. The normalized spacial score (nSPS) is 11.5. The maximum absolute atomic E-state index is 6.83. The van der Waals surface area contributed by atoms with Crippen molar-refractivity contribution in [1.29, 1.82) is 0 Å². The Balaban J connectivity index is 1.18. The van der Waals surface area contributed by atoms with Crippen LogP contribution >= 0.6 is 0 Å². The molecule has 0 aliphatic heterocycles. The van der Waals surface area contributed by atoms with Gasteiger partial charge in [0.15, 0.2) is 17.5 Å². The number of nitrogens with zero attached hydrogens (tertiary/aromatic N) is 3. The van der Waals surface area contributed by atoms with Crippen molar-refractivity contribution in [3.8, 4) is 56.4 Å². The molecule has 0 atom stereocenters. The molecular weight excluding hydrogens is 623 g/mol. The van der Waals surface area contributed by atoms with E-state index in [1.165, 1.54) is 21.5 Å². The monoisotopic (exact) mass is 651 g/mol. The van der Waals surface area contributed by atoms with E-state index in [1.807, 2.05) is 60.7 Å². The Hall–Kier alpha value is -6.91. The third-order valence-electron chi connectivity index (χ3n) is 9.67. The van der Waals surface area contributed by atoms with Crippen molar-refractivity contribution in [3.05, 3.63) is 176 Å². The van der Waals surface area contributed by atoms with Crippen molar-refractivity contribution >= 4 is 43.5 Å². The Kier molecular flexibility index (Phi) is 6.78. The number of furan rings is 1. The van der Waals surface area contributed by atoms with E-state index in [0.29, 0.717) is 17.5 Å². The summed E-state index contributed by atoms with van der Waals surface area (Å²) in [7, 11) is 0. The molecule has 51 heavy (non-hydrogen) atoms. The Labute approximate surface area is 294 Å². The number of hydrogen-bond acceptors (Lipinski definition) is 4. The largest absolute Gasteiger partial charge is 0.455 e. The van der Waals surface area contributed by atoms with Crippen LogP contribution in [0.5, 0.6) is 0 Å². The van der Waals surface area contributed by atoms with E-state index in [0.717, 1.165) is 60.9 Å². The molecule has 0 N–H and O–H groups in total. The van der Waals surface area contributed by atoms with E-state index in [1.54, 1.807) is 0 Å². The van der Waals surface area contributed by atoms with Gasteiger partial charge in [0.05, 0.1) is 0 Å². The van der Waals surface area contributed by atoms with Gasteiger partial charge in [-0.15, -0.1) is 0 Å². The van der Waals surface area contributed by atoms with Crippen LogP contribution in [0.15, 0.2) is 180 Å². The quantitative estimate of drug-likeness (QED) is 0.186. The van der Waals surface area contributed by atoms with Crippen LogP contribution in [0.4, 0.5) is 0 Å². The lowest BCUT2D eigenvalue weighted by Crippen LogP contribution is -2.00. The molecule has 10 rings (SSSR count). The highest BCUT2D eigenvalue weighted by Gasteiger charge is 2.18. The van der Waals surface area contributed by atoms with Gasteiger partial charge >= 0.3 is 0 Å². The molecule has 0 saturated carbocycles. The van der Waals surface area contributed by atoms with Crippen LogP contribution < -0.4 is 0 Å². The smallest absolute Gasteiger partial charge is 0.164 e. The number of benzene rings is 8. The van der Waals surface area contributed by atoms with E-state index in [9.17, 15) is 0 Å². The minimum absolute atomic E-state index is 0.594. The molecule has 0 aliphatic carbocycles. The lowest BCUT2D eigenvalue weighted by atomic mass is 9.93. The minimum Gasteiger partial charge on any atom is -0.455 e. The second-order valence-electron chi connectivity index (χ2n) is 12.9. The lowest BCUT2D eigenvalue weighted by Gasteiger charge is -2.10. The maximum atomic E-state index is 6.83. The van der Waals surface area contributed by atoms with Crippen molar-refractivity contribution in [2.45, 2.75) is 0 Å². The molecule has 0 aliphatic rings. The number of aromatic nitrogens is 3. The fourth-order valence-electron chi connectivity index (χ4n) is 7.06. The zero-order valence-electron chi connectivity index (χ0n) is 27.5. The van der Waals surface area contributed by atoms with Crippen molar-refractivity contribution in [2.75, 3.05) is 0 Å². The Morgan fingerprint density at radius 3 is 1.45 bits per heavy atom. The first-order valence-corrected chi connectivity index (χ1v) is 17.1. The van der Waals surface area contributed by atoms with Gasteiger partial charge in [-0.05, 0) is 74.6 Å². The molecule has 4 nitrogen and oxygen atoms in total. The maximum Gasteiger partial charge on any atom is 0.164 e. The third kappa shape index (κ3) is 5.22. The molecule has 10 aromatic rings. The van der Waals surface area contributed by atoms with Crippen molar-refractivity contribution in [3.63, 3.8) is 0 Å². The van der Waals surface area contributed by atoms with Gasteiger partial charge < -0.3 is 4.42 Å². The molecule has 0 unspecified atom stereocenters. The van der Waals surface area contributed by atoms with Crippen molar-refractivity contribution in [2.24, 2.45) is 0 Å². The van der Waals surface area contributed by atoms with E-state index < -0.39 is 0 Å². The Bertz CT molecular complexity index is 2860. The first kappa shape index (κ1) is 29.0. The van der Waals surface area contributed by atoms with Crippen LogP contribution in [-0.4, -0.2) is 15.0 Å². The van der Waals surface area contributed by atoms with Gasteiger partial charge in [0.2, 0.25) is 0 Å². The van der Waals surface area contributed by atoms with E-state index in [2.05, 4.69) is 115 Å². The molecule has 0 amide bonds. The Morgan fingerprint density at radius 2 is 0.824 bits per heavy atom. The van der Waals surface area contributed by atoms with Crippen LogP contribution in [0.3, 0.4) is 0 Å². The predicted molar refractivity (Wildman–Crippen MR) is 209 cm³/mol. The van der Waals surface area contributed by atoms with Gasteiger partial charge in [-0.1, -0.05) is 140 Å². The van der Waals surface area contributed by atoms with E-state index in [4.69, 9.17) is 19.4 Å². The van der Waals surface area contributed by atoms with Crippen LogP contribution in [0.1, 0.15) is 0 Å². The van der Waals surface area contributed by atoms with Gasteiger partial charge in [0.25, 0.3) is 0 Å². The highest BCUT2D eigenvalue weighted by Crippen LogP contribution is 2.41. The average Bonchev–Trinajstić information content (AvgIpc) is 3.58. The number of fused-ring (bicyclic) bond motifs is 5. The second-order valence-corrected chi connectivity index (χ2v) is 12.9. The summed E-state index contributed by atoms with van der Waals surface area (Å²) in [6, 6.07) is 61.2. The van der Waals surface area contributed by atoms with Crippen LogP contribution in [0.2, 0.25) is 0 Å². The summed E-state index contributed by atoms with van der Waals surface area (Å²) < 4.78 is 6.83. The predicted octanol–water partition coefficient (Wildman–Crippen LogP) is 12.4. The number of hydrogen-bond donors (Lipinski definition) is 0. The van der Waals surface area contributed by atoms with Gasteiger partial charge in [-0.2, -0.15) is 0 Å². The molecule has 238 valence electrons. The zero-order chi connectivity index (χ0) is 33.7. The topological polar surface area (TPSA) is 51.8 Å². The molecule has 0 saturated heterocycles. The minimum atomic E-state index is 0.594. The van der Waals surface area contributed by atoms with E-state index in [-0.39, 0.29) is 0 Å². The summed E-state index contributed by atoms with van der Waals surface area (Å²) in [6.45, 7) is 0. The highest BCUT2D eigenvalue weighted by atomic mass is 16.3. The third-order valence-corrected chi connectivity index (χ3v) is 9.67. The molecule has 0 bridgehead atoms. The van der Waals surface area contributed by atoms with E-state index >= 15 is 0 Å². The summed E-state index contributed by atoms with van der Waals surface area (Å²) in [5.74, 6) is 1.85. The van der Waals surface area contributed by atoms with Crippen LogP contribution in [-0.2, 0) is 0 Å². The fraction of sp³-hybridized carbons (Fsp3) is 0. The summed E-state index contributed by atoms with van der Waals surface area (Å²) in [6.07, 6.45) is 0. The standard InChI is InChI=1S/C47H29N3O/c1-3-13-32(14-4-1)45-48-46(33-15-5-2-6-16-33)50-47(49-45)38-23-24-40-42-28-39(36-21-19-30-11-7-9-17-34(30)25-36)27-41(44(42)51-43(40)29-38)37-22-20-31-12-8-10-18-35(31)26-37/h1-29H. The average molecular weight is 652 g/mol. The van der Waals surface area contributed by atoms with Crippen LogP contribution in [0.25, 0.3) is 99.9 Å². The van der Waals surface area contributed by atoms with Gasteiger partial charge in [0, 0.05) is 33.0 Å². The SMILES string of the molecule is c1ccc(-c2nc(-c3ccccc3)nc(-c3ccc4c(c3)oc3c(-c5ccc6ccccc6c5)cc(-c5ccc6ccccc6c5)cc34)n2)cc1. The van der Waals surface area contributed by atoms with Gasteiger partial charge in [0.1, 0.15) is 11.2 Å². The lowest BCUT2D eigenvalue weighted by molar-refractivity contribution is 0.670. The van der Waals surface area contributed by atoms with Gasteiger partial charge in [-0.25, -0.2) is 15.0 Å². The first-order chi connectivity index (χ1) is 25.2. The molecule has 8 aromatic carbocycles. The van der Waals surface area contributed by atoms with Crippen molar-refractivity contribution in [1.82, 2.24) is 15.0 Å². The molecule has 2 aromatic heterocycles. The molecule has 0 spiro atoms. The van der Waals surface area contributed by atoms with Crippen molar-refractivity contribution < 1.29 is 4.42 Å². The molecule has 0 fully saturated rings. The summed E-state index contributed by atoms with van der Waals surface area (Å²) in [5.41, 5.74) is 8.83. The zero-order valence-corrected chi connectivity index (χ0v) is 27.5. The molecular formula is C47H29N3O. The molecule has 4 heteroatoms. The molecule has 0 radical (unpaired) electrons. The summed E-state index contributed by atoms with van der Waals surface area (Å²) in [4.78, 5) is 14.8. The van der Waals surface area contributed by atoms with Gasteiger partial charge in [-0.3, -0.25) is 0 Å². The fourth-order valence-corrected chi connectivity index (χ4v) is 7.06.